The summed E-state index contributed by atoms with van der Waals surface area (Å²) in [7, 11) is 0. The van der Waals surface area contributed by atoms with Crippen molar-refractivity contribution in [2.75, 3.05) is 19.8 Å². The van der Waals surface area contributed by atoms with Crippen LogP contribution in [0.2, 0.25) is 0 Å². The standard InChI is InChI=1S/C26H36O5/c1-5-6-20-7-9-21(10-8-20)22-11-13-23(14-12-22)24(16-30-25(28)18(2)3)17-31-26(29)19(4)15-27/h7-10,22-24,27H,2,4-6,11-17H2,1,3H3. The second-order valence-corrected chi connectivity index (χ2v) is 8.60. The van der Waals surface area contributed by atoms with Crippen molar-refractivity contribution in [3.63, 3.8) is 0 Å². The van der Waals surface area contributed by atoms with Crippen LogP contribution in [0.5, 0.6) is 0 Å². The molecule has 1 N–H and O–H groups in total. The van der Waals surface area contributed by atoms with E-state index in [1.807, 2.05) is 0 Å². The fourth-order valence-electron chi connectivity index (χ4n) is 4.14. The molecule has 0 aromatic heterocycles. The van der Waals surface area contributed by atoms with E-state index in [2.05, 4.69) is 44.3 Å². The third kappa shape index (κ3) is 7.66. The van der Waals surface area contributed by atoms with Crippen LogP contribution in [0.4, 0.5) is 0 Å². The molecule has 5 nitrogen and oxygen atoms in total. The van der Waals surface area contributed by atoms with Crippen molar-refractivity contribution in [2.45, 2.75) is 58.3 Å². The Balaban J connectivity index is 1.96. The first-order valence-electron chi connectivity index (χ1n) is 11.2. The van der Waals surface area contributed by atoms with Crippen LogP contribution in [0.3, 0.4) is 0 Å². The predicted octanol–water partition coefficient (Wildman–Crippen LogP) is 4.74. The maximum atomic E-state index is 11.9. The third-order valence-corrected chi connectivity index (χ3v) is 6.11. The second-order valence-electron chi connectivity index (χ2n) is 8.60. The van der Waals surface area contributed by atoms with Crippen LogP contribution in [0.25, 0.3) is 0 Å². The van der Waals surface area contributed by atoms with E-state index in [0.29, 0.717) is 17.4 Å². The van der Waals surface area contributed by atoms with E-state index in [-0.39, 0.29) is 24.7 Å². The molecular weight excluding hydrogens is 392 g/mol. The molecule has 0 saturated heterocycles. The molecule has 1 unspecified atom stereocenters. The first-order valence-corrected chi connectivity index (χ1v) is 11.2. The zero-order valence-corrected chi connectivity index (χ0v) is 18.9. The van der Waals surface area contributed by atoms with Gasteiger partial charge in [-0.3, -0.25) is 0 Å². The lowest BCUT2D eigenvalue weighted by atomic mass is 9.74. The number of benzene rings is 1. The van der Waals surface area contributed by atoms with Crippen molar-refractivity contribution < 1.29 is 24.2 Å². The Kier molecular flexibility index (Phi) is 9.99. The van der Waals surface area contributed by atoms with E-state index in [0.717, 1.165) is 38.5 Å². The zero-order valence-electron chi connectivity index (χ0n) is 18.9. The van der Waals surface area contributed by atoms with Gasteiger partial charge in [-0.25, -0.2) is 9.59 Å². The number of aliphatic hydroxyl groups is 1. The Morgan fingerprint density at radius 3 is 2.13 bits per heavy atom. The summed E-state index contributed by atoms with van der Waals surface area (Å²) in [5, 5.41) is 9.06. The summed E-state index contributed by atoms with van der Waals surface area (Å²) in [6.45, 7) is 10.8. The number of esters is 2. The maximum absolute atomic E-state index is 11.9. The highest BCUT2D eigenvalue weighted by atomic mass is 16.5. The van der Waals surface area contributed by atoms with Crippen LogP contribution in [0.1, 0.15) is 63.0 Å². The summed E-state index contributed by atoms with van der Waals surface area (Å²) in [6, 6.07) is 8.98. The van der Waals surface area contributed by atoms with E-state index in [4.69, 9.17) is 14.6 Å². The maximum Gasteiger partial charge on any atom is 0.335 e. The Morgan fingerprint density at radius 2 is 1.61 bits per heavy atom. The molecular formula is C26H36O5. The normalized spacial score (nSPS) is 19.3. The summed E-state index contributed by atoms with van der Waals surface area (Å²) in [5.41, 5.74) is 3.13. The minimum atomic E-state index is -0.611. The molecule has 0 spiro atoms. The van der Waals surface area contributed by atoms with Crippen LogP contribution in [-0.4, -0.2) is 36.9 Å². The Hall–Kier alpha value is -2.40. The van der Waals surface area contributed by atoms with Crippen molar-refractivity contribution in [3.05, 3.63) is 59.7 Å². The average molecular weight is 429 g/mol. The zero-order chi connectivity index (χ0) is 22.8. The smallest absolute Gasteiger partial charge is 0.335 e. The molecule has 1 aliphatic carbocycles. The van der Waals surface area contributed by atoms with Gasteiger partial charge in [0, 0.05) is 11.5 Å². The quantitative estimate of drug-likeness (QED) is 0.407. The minimum Gasteiger partial charge on any atom is -0.462 e. The van der Waals surface area contributed by atoms with Crippen molar-refractivity contribution in [1.82, 2.24) is 0 Å². The van der Waals surface area contributed by atoms with E-state index in [1.165, 1.54) is 11.1 Å². The largest absolute Gasteiger partial charge is 0.462 e. The van der Waals surface area contributed by atoms with Crippen LogP contribution < -0.4 is 0 Å². The SMILES string of the molecule is C=C(C)C(=O)OCC(COC(=O)C(=C)CO)C1CCC(c2ccc(CCC)cc2)CC1. The molecule has 1 aromatic rings. The van der Waals surface area contributed by atoms with Crippen LogP contribution in [0, 0.1) is 11.8 Å². The number of hydrogen-bond donors (Lipinski definition) is 1. The Labute approximate surface area is 186 Å². The molecule has 0 bridgehead atoms. The van der Waals surface area contributed by atoms with Gasteiger partial charge in [0.25, 0.3) is 0 Å². The van der Waals surface area contributed by atoms with E-state index in [9.17, 15) is 9.59 Å². The number of carbonyl (C=O) groups excluding carboxylic acids is 2. The first-order chi connectivity index (χ1) is 14.8. The van der Waals surface area contributed by atoms with Gasteiger partial charge in [-0.1, -0.05) is 50.8 Å². The van der Waals surface area contributed by atoms with Crippen molar-refractivity contribution >= 4 is 11.9 Å². The van der Waals surface area contributed by atoms with Gasteiger partial charge >= 0.3 is 11.9 Å². The third-order valence-electron chi connectivity index (χ3n) is 6.11. The molecule has 0 heterocycles. The highest BCUT2D eigenvalue weighted by molar-refractivity contribution is 5.88. The number of aliphatic hydroxyl groups excluding tert-OH is 1. The fourth-order valence-corrected chi connectivity index (χ4v) is 4.14. The molecule has 1 atom stereocenters. The molecule has 2 rings (SSSR count). The second kappa shape index (κ2) is 12.5. The molecule has 1 aliphatic rings. The molecule has 170 valence electrons. The predicted molar refractivity (Wildman–Crippen MR) is 122 cm³/mol. The Bertz CT molecular complexity index is 757. The van der Waals surface area contributed by atoms with E-state index < -0.39 is 18.5 Å². The number of hydrogen-bond acceptors (Lipinski definition) is 5. The van der Waals surface area contributed by atoms with Crippen LogP contribution in [-0.2, 0) is 25.5 Å². The lowest BCUT2D eigenvalue weighted by Gasteiger charge is -2.33. The lowest BCUT2D eigenvalue weighted by Crippen LogP contribution is -2.30. The number of carbonyl (C=O) groups is 2. The minimum absolute atomic E-state index is 0.0212. The van der Waals surface area contributed by atoms with Gasteiger partial charge in [-0.15, -0.1) is 0 Å². The van der Waals surface area contributed by atoms with Gasteiger partial charge in [0.05, 0.1) is 25.4 Å². The summed E-state index contributed by atoms with van der Waals surface area (Å²) in [5.74, 6) is -0.311. The van der Waals surface area contributed by atoms with Crippen molar-refractivity contribution in [2.24, 2.45) is 11.8 Å². The van der Waals surface area contributed by atoms with Gasteiger partial charge in [0.2, 0.25) is 0 Å². The van der Waals surface area contributed by atoms with E-state index in [1.54, 1.807) is 6.92 Å². The number of aryl methyl sites for hydroxylation is 1. The molecule has 0 radical (unpaired) electrons. The van der Waals surface area contributed by atoms with Crippen LogP contribution in [0.15, 0.2) is 48.6 Å². The monoisotopic (exact) mass is 428 g/mol. The molecule has 1 saturated carbocycles. The lowest BCUT2D eigenvalue weighted by molar-refractivity contribution is -0.146. The van der Waals surface area contributed by atoms with Gasteiger partial charge in [0.1, 0.15) is 0 Å². The average Bonchev–Trinajstić information content (AvgIpc) is 2.79. The fraction of sp³-hybridized carbons (Fsp3) is 0.538. The topological polar surface area (TPSA) is 72.8 Å². The molecule has 0 aliphatic heterocycles. The van der Waals surface area contributed by atoms with Gasteiger partial charge in [0.15, 0.2) is 0 Å². The van der Waals surface area contributed by atoms with E-state index >= 15 is 0 Å². The van der Waals surface area contributed by atoms with Crippen molar-refractivity contribution in [1.29, 1.82) is 0 Å². The molecule has 31 heavy (non-hydrogen) atoms. The van der Waals surface area contributed by atoms with Gasteiger partial charge < -0.3 is 14.6 Å². The van der Waals surface area contributed by atoms with Gasteiger partial charge in [-0.2, -0.15) is 0 Å². The van der Waals surface area contributed by atoms with Gasteiger partial charge in [-0.05, 0) is 62.0 Å². The molecule has 0 amide bonds. The molecule has 5 heteroatoms. The number of rotatable bonds is 11. The molecule has 1 fully saturated rings. The Morgan fingerprint density at radius 1 is 1.03 bits per heavy atom. The summed E-state index contributed by atoms with van der Waals surface area (Å²) >= 11 is 0. The highest BCUT2D eigenvalue weighted by Crippen LogP contribution is 2.39. The highest BCUT2D eigenvalue weighted by Gasteiger charge is 2.30. The van der Waals surface area contributed by atoms with Crippen LogP contribution >= 0.6 is 0 Å². The summed E-state index contributed by atoms with van der Waals surface area (Å²) in [6.07, 6.45) is 6.33. The molecule has 1 aromatic carbocycles. The number of ether oxygens (including phenoxy) is 2. The summed E-state index contributed by atoms with van der Waals surface area (Å²) in [4.78, 5) is 23.8. The van der Waals surface area contributed by atoms with Crippen molar-refractivity contribution in [3.8, 4) is 0 Å². The summed E-state index contributed by atoms with van der Waals surface area (Å²) < 4.78 is 10.7. The first kappa shape index (κ1) is 24.9.